The number of carbonyl (C=O) groups excluding carboxylic acids is 1. The van der Waals surface area contributed by atoms with E-state index in [0.29, 0.717) is 0 Å². The minimum absolute atomic E-state index is 0.113. The van der Waals surface area contributed by atoms with Crippen molar-refractivity contribution in [1.82, 2.24) is 9.99 Å². The van der Waals surface area contributed by atoms with Crippen LogP contribution in [0.2, 0.25) is 0 Å². The quantitative estimate of drug-likeness (QED) is 0.753. The van der Waals surface area contributed by atoms with Crippen LogP contribution in [0, 0.1) is 19.8 Å². The first-order valence-electron chi connectivity index (χ1n) is 5.35. The van der Waals surface area contributed by atoms with E-state index < -0.39 is 0 Å². The third-order valence-corrected chi connectivity index (χ3v) is 2.92. The Balaban J connectivity index is 2.05. The van der Waals surface area contributed by atoms with E-state index in [1.54, 1.807) is 0 Å². The van der Waals surface area contributed by atoms with Crippen LogP contribution < -0.4 is 10.7 Å². The molecule has 1 saturated heterocycles. The lowest BCUT2D eigenvalue weighted by atomic mass is 10.1. The normalized spacial score (nSPS) is 20.5. The molecule has 1 fully saturated rings. The Bertz CT molecular complexity index is 344. The van der Waals surface area contributed by atoms with Crippen molar-refractivity contribution < 1.29 is 4.79 Å². The molecule has 0 spiro atoms. The Labute approximate surface area is 89.6 Å². The lowest BCUT2D eigenvalue weighted by molar-refractivity contribution is -0.120. The number of hydrogen-bond acceptors (Lipinski definition) is 2. The standard InChI is InChI=1S/C11H17N3O/c1-8-3-4-9(2)14(8)13-11(15)10-5-6-12-7-10/h3-4,10,12H,5-7H2,1-2H3,(H,13,15). The fourth-order valence-corrected chi connectivity index (χ4v) is 1.92. The summed E-state index contributed by atoms with van der Waals surface area (Å²) in [5.74, 6) is 0.230. The fourth-order valence-electron chi connectivity index (χ4n) is 1.92. The summed E-state index contributed by atoms with van der Waals surface area (Å²) in [6.45, 7) is 5.72. The van der Waals surface area contributed by atoms with Crippen molar-refractivity contribution in [1.29, 1.82) is 0 Å². The third kappa shape index (κ3) is 2.04. The molecule has 4 heteroatoms. The first-order chi connectivity index (χ1) is 7.18. The van der Waals surface area contributed by atoms with Gasteiger partial charge in [-0.15, -0.1) is 0 Å². The molecule has 1 unspecified atom stereocenters. The summed E-state index contributed by atoms with van der Waals surface area (Å²) in [6, 6.07) is 4.00. The summed E-state index contributed by atoms with van der Waals surface area (Å²) in [6.07, 6.45) is 0.936. The summed E-state index contributed by atoms with van der Waals surface area (Å²) >= 11 is 0. The molecular weight excluding hydrogens is 190 g/mol. The number of nitrogens with one attached hydrogen (secondary N) is 2. The molecule has 82 valence electrons. The highest BCUT2D eigenvalue weighted by molar-refractivity contribution is 5.86. The number of aryl methyl sites for hydroxylation is 2. The van der Waals surface area contributed by atoms with Gasteiger partial charge >= 0.3 is 0 Å². The molecule has 0 saturated carbocycles. The number of carbonyl (C=O) groups is 1. The van der Waals surface area contributed by atoms with Crippen LogP contribution in [-0.4, -0.2) is 23.7 Å². The third-order valence-electron chi connectivity index (χ3n) is 2.92. The van der Waals surface area contributed by atoms with Crippen LogP contribution in [-0.2, 0) is 4.79 Å². The van der Waals surface area contributed by atoms with Crippen molar-refractivity contribution in [2.24, 2.45) is 5.92 Å². The molecule has 2 heterocycles. The molecule has 1 aliphatic heterocycles. The van der Waals surface area contributed by atoms with E-state index in [2.05, 4.69) is 10.7 Å². The first kappa shape index (κ1) is 10.2. The predicted molar refractivity (Wildman–Crippen MR) is 59.3 cm³/mol. The number of amides is 1. The van der Waals surface area contributed by atoms with Gasteiger partial charge in [0.25, 0.3) is 0 Å². The monoisotopic (exact) mass is 207 g/mol. The molecule has 1 amide bonds. The van der Waals surface area contributed by atoms with Gasteiger partial charge in [0.15, 0.2) is 0 Å². The van der Waals surface area contributed by atoms with Crippen LogP contribution in [0.5, 0.6) is 0 Å². The molecule has 2 N–H and O–H groups in total. The predicted octanol–water partition coefficient (Wildman–Crippen LogP) is 0.785. The molecule has 1 aromatic rings. The number of nitrogens with zero attached hydrogens (tertiary/aromatic N) is 1. The van der Waals surface area contributed by atoms with Gasteiger partial charge in [-0.2, -0.15) is 0 Å². The lowest BCUT2D eigenvalue weighted by Crippen LogP contribution is -2.31. The van der Waals surface area contributed by atoms with Crippen LogP contribution in [0.25, 0.3) is 0 Å². The molecule has 4 nitrogen and oxygen atoms in total. The smallest absolute Gasteiger partial charge is 0.243 e. The van der Waals surface area contributed by atoms with Crippen molar-refractivity contribution in [3.05, 3.63) is 23.5 Å². The van der Waals surface area contributed by atoms with E-state index >= 15 is 0 Å². The van der Waals surface area contributed by atoms with Crippen molar-refractivity contribution >= 4 is 5.91 Å². The van der Waals surface area contributed by atoms with Crippen LogP contribution in [0.4, 0.5) is 0 Å². The van der Waals surface area contributed by atoms with E-state index in [1.165, 1.54) is 0 Å². The van der Waals surface area contributed by atoms with Crippen LogP contribution in [0.3, 0.4) is 0 Å². The van der Waals surface area contributed by atoms with E-state index in [4.69, 9.17) is 0 Å². The van der Waals surface area contributed by atoms with Gasteiger partial charge in [-0.3, -0.25) is 14.9 Å². The molecule has 1 aromatic heterocycles. The maximum atomic E-state index is 11.8. The van der Waals surface area contributed by atoms with Crippen LogP contribution >= 0.6 is 0 Å². The number of hydrogen-bond donors (Lipinski definition) is 2. The molecule has 1 aliphatic rings. The maximum absolute atomic E-state index is 11.8. The minimum atomic E-state index is 0.113. The van der Waals surface area contributed by atoms with Crippen molar-refractivity contribution in [2.75, 3.05) is 18.5 Å². The molecule has 0 aliphatic carbocycles. The summed E-state index contributed by atoms with van der Waals surface area (Å²) in [5.41, 5.74) is 5.06. The molecule has 1 atom stereocenters. The van der Waals surface area contributed by atoms with E-state index in [1.807, 2.05) is 30.7 Å². The Morgan fingerprint density at radius 1 is 1.47 bits per heavy atom. The molecule has 2 rings (SSSR count). The zero-order valence-electron chi connectivity index (χ0n) is 9.21. The van der Waals surface area contributed by atoms with E-state index in [9.17, 15) is 4.79 Å². The van der Waals surface area contributed by atoms with Gasteiger partial charge in [0, 0.05) is 17.9 Å². The Morgan fingerprint density at radius 2 is 2.13 bits per heavy atom. The van der Waals surface area contributed by atoms with Gasteiger partial charge in [-0.25, -0.2) is 0 Å². The van der Waals surface area contributed by atoms with Gasteiger partial charge in [-0.1, -0.05) is 0 Å². The highest BCUT2D eigenvalue weighted by atomic mass is 16.2. The molecule has 0 bridgehead atoms. The average molecular weight is 207 g/mol. The van der Waals surface area contributed by atoms with E-state index in [-0.39, 0.29) is 11.8 Å². The van der Waals surface area contributed by atoms with Gasteiger partial charge in [0.2, 0.25) is 5.91 Å². The van der Waals surface area contributed by atoms with Gasteiger partial charge < -0.3 is 5.32 Å². The number of aromatic nitrogens is 1. The molecule has 15 heavy (non-hydrogen) atoms. The Kier molecular flexibility index (Phi) is 2.77. The Hall–Kier alpha value is -1.29. The lowest BCUT2D eigenvalue weighted by Gasteiger charge is -2.14. The summed E-state index contributed by atoms with van der Waals surface area (Å²) < 4.78 is 1.85. The minimum Gasteiger partial charge on any atom is -0.316 e. The maximum Gasteiger partial charge on any atom is 0.243 e. The summed E-state index contributed by atoms with van der Waals surface area (Å²) in [4.78, 5) is 11.8. The second-order valence-corrected chi connectivity index (χ2v) is 4.12. The summed E-state index contributed by atoms with van der Waals surface area (Å²) in [7, 11) is 0. The molecule has 0 radical (unpaired) electrons. The second kappa shape index (κ2) is 4.06. The summed E-state index contributed by atoms with van der Waals surface area (Å²) in [5, 5.41) is 3.19. The SMILES string of the molecule is Cc1ccc(C)n1NC(=O)C1CCNC1. The first-order valence-corrected chi connectivity index (χ1v) is 5.35. The van der Waals surface area contributed by atoms with Gasteiger partial charge in [0.05, 0.1) is 5.92 Å². The largest absolute Gasteiger partial charge is 0.316 e. The van der Waals surface area contributed by atoms with Gasteiger partial charge in [0.1, 0.15) is 0 Å². The van der Waals surface area contributed by atoms with Crippen molar-refractivity contribution in [3.63, 3.8) is 0 Å². The number of rotatable bonds is 2. The van der Waals surface area contributed by atoms with Crippen molar-refractivity contribution in [2.45, 2.75) is 20.3 Å². The molecular formula is C11H17N3O. The van der Waals surface area contributed by atoms with Crippen LogP contribution in [0.15, 0.2) is 12.1 Å². The molecule has 0 aromatic carbocycles. The van der Waals surface area contributed by atoms with E-state index in [0.717, 1.165) is 30.9 Å². The zero-order chi connectivity index (χ0) is 10.8. The average Bonchev–Trinajstić information content (AvgIpc) is 2.82. The Morgan fingerprint density at radius 3 is 2.67 bits per heavy atom. The zero-order valence-corrected chi connectivity index (χ0v) is 9.21. The highest BCUT2D eigenvalue weighted by Crippen LogP contribution is 2.10. The second-order valence-electron chi connectivity index (χ2n) is 4.12. The fraction of sp³-hybridized carbons (Fsp3) is 0.545. The highest BCUT2D eigenvalue weighted by Gasteiger charge is 2.22. The van der Waals surface area contributed by atoms with Gasteiger partial charge in [-0.05, 0) is 38.9 Å². The van der Waals surface area contributed by atoms with Crippen molar-refractivity contribution in [3.8, 4) is 0 Å². The topological polar surface area (TPSA) is 46.1 Å². The van der Waals surface area contributed by atoms with Crippen LogP contribution in [0.1, 0.15) is 17.8 Å².